The standard InChI is InChI=1S/C23H20ClNO4S/c1-14-3-6-17(7-4-14)30(27,28)25-20-8-5-15(24)11-18(20)22-19-12-16(26)9-10-23(19,2)29-13-21(22)25/h3-11,19H,12-13H2,1-2H3/t19-,23-/m1/s1. The minimum Gasteiger partial charge on any atom is -0.364 e. The largest absolute Gasteiger partial charge is 0.364 e. The molecule has 7 heteroatoms. The summed E-state index contributed by atoms with van der Waals surface area (Å²) in [6.07, 6.45) is 3.60. The summed E-state index contributed by atoms with van der Waals surface area (Å²) in [5.41, 5.74) is 2.23. The Labute approximate surface area is 180 Å². The van der Waals surface area contributed by atoms with Crippen molar-refractivity contribution in [3.63, 3.8) is 0 Å². The normalized spacial score (nSPS) is 23.4. The lowest BCUT2D eigenvalue weighted by molar-refractivity contribution is -0.119. The van der Waals surface area contributed by atoms with Crippen LogP contribution >= 0.6 is 11.6 Å². The van der Waals surface area contributed by atoms with Crippen molar-refractivity contribution in [2.75, 3.05) is 0 Å². The fraction of sp³-hybridized carbons (Fsp3) is 0.261. The Hall–Kier alpha value is -2.41. The van der Waals surface area contributed by atoms with Gasteiger partial charge in [-0.05, 0) is 61.9 Å². The van der Waals surface area contributed by atoms with Gasteiger partial charge in [-0.2, -0.15) is 0 Å². The molecule has 30 heavy (non-hydrogen) atoms. The highest BCUT2D eigenvalue weighted by Gasteiger charge is 2.46. The Morgan fingerprint density at radius 2 is 1.90 bits per heavy atom. The van der Waals surface area contributed by atoms with Crippen LogP contribution in [-0.4, -0.2) is 23.8 Å². The minimum absolute atomic E-state index is 0.00163. The molecular weight excluding hydrogens is 422 g/mol. The molecule has 5 nitrogen and oxygen atoms in total. The molecule has 0 spiro atoms. The summed E-state index contributed by atoms with van der Waals surface area (Å²) >= 11 is 6.29. The highest BCUT2D eigenvalue weighted by Crippen LogP contribution is 2.49. The van der Waals surface area contributed by atoms with Gasteiger partial charge in [0.15, 0.2) is 5.78 Å². The van der Waals surface area contributed by atoms with Crippen LogP contribution in [-0.2, 0) is 26.2 Å². The summed E-state index contributed by atoms with van der Waals surface area (Å²) in [6.45, 7) is 3.97. The SMILES string of the molecule is Cc1ccc(S(=O)(=O)n2c3c(c4cc(Cl)ccc42)[C@H]2CC(=O)C=C[C@@]2(C)OC3)cc1. The lowest BCUT2D eigenvalue weighted by Gasteiger charge is -2.41. The highest BCUT2D eigenvalue weighted by atomic mass is 35.5. The molecule has 2 aliphatic rings. The van der Waals surface area contributed by atoms with Crippen molar-refractivity contribution in [3.05, 3.63) is 76.5 Å². The predicted octanol–water partition coefficient (Wildman–Crippen LogP) is 4.74. The molecule has 0 amide bonds. The van der Waals surface area contributed by atoms with Gasteiger partial charge in [-0.25, -0.2) is 12.4 Å². The number of benzene rings is 2. The van der Waals surface area contributed by atoms with E-state index in [9.17, 15) is 13.2 Å². The maximum Gasteiger partial charge on any atom is 0.268 e. The van der Waals surface area contributed by atoms with Crippen molar-refractivity contribution in [1.29, 1.82) is 0 Å². The highest BCUT2D eigenvalue weighted by molar-refractivity contribution is 7.90. The average molecular weight is 442 g/mol. The molecule has 3 aromatic rings. The van der Waals surface area contributed by atoms with E-state index in [0.717, 1.165) is 16.5 Å². The number of ketones is 1. The fourth-order valence-corrected chi connectivity index (χ4v) is 6.26. The number of aryl methyl sites for hydroxylation is 1. The molecule has 0 N–H and O–H groups in total. The fourth-order valence-electron chi connectivity index (χ4n) is 4.53. The van der Waals surface area contributed by atoms with Crippen molar-refractivity contribution in [2.24, 2.45) is 0 Å². The van der Waals surface area contributed by atoms with E-state index < -0.39 is 15.6 Å². The molecule has 0 saturated heterocycles. The molecule has 0 fully saturated rings. The van der Waals surface area contributed by atoms with Crippen LogP contribution in [0.1, 0.15) is 36.1 Å². The first-order chi connectivity index (χ1) is 14.2. The number of hydrogen-bond acceptors (Lipinski definition) is 4. The molecule has 1 aliphatic heterocycles. The summed E-state index contributed by atoms with van der Waals surface area (Å²) in [5.74, 6) is -0.285. The number of ether oxygens (including phenoxy) is 1. The quantitative estimate of drug-likeness (QED) is 0.576. The van der Waals surface area contributed by atoms with Crippen LogP contribution in [0.2, 0.25) is 5.02 Å². The molecule has 2 aromatic carbocycles. The van der Waals surface area contributed by atoms with E-state index in [4.69, 9.17) is 16.3 Å². The maximum absolute atomic E-state index is 13.7. The van der Waals surface area contributed by atoms with Crippen molar-refractivity contribution in [3.8, 4) is 0 Å². The van der Waals surface area contributed by atoms with Gasteiger partial charge in [-0.1, -0.05) is 29.3 Å². The van der Waals surface area contributed by atoms with E-state index in [1.54, 1.807) is 54.6 Å². The van der Waals surface area contributed by atoms with E-state index in [1.807, 2.05) is 13.8 Å². The van der Waals surface area contributed by atoms with Gasteiger partial charge in [-0.15, -0.1) is 0 Å². The van der Waals surface area contributed by atoms with Gasteiger partial charge in [0.05, 0.1) is 28.3 Å². The first-order valence-corrected chi connectivity index (χ1v) is 11.5. The van der Waals surface area contributed by atoms with Gasteiger partial charge in [0.25, 0.3) is 10.0 Å². The zero-order chi connectivity index (χ0) is 21.3. The van der Waals surface area contributed by atoms with Gasteiger partial charge >= 0.3 is 0 Å². The van der Waals surface area contributed by atoms with Crippen molar-refractivity contribution >= 4 is 38.3 Å². The second-order valence-electron chi connectivity index (χ2n) is 8.13. The molecule has 154 valence electrons. The van der Waals surface area contributed by atoms with E-state index in [-0.39, 0.29) is 29.6 Å². The third-order valence-electron chi connectivity index (χ3n) is 6.15. The Kier molecular flexibility index (Phi) is 4.26. The van der Waals surface area contributed by atoms with Crippen LogP contribution in [0.3, 0.4) is 0 Å². The second kappa shape index (κ2) is 6.54. The smallest absolute Gasteiger partial charge is 0.268 e. The second-order valence-corrected chi connectivity index (χ2v) is 10.4. The van der Waals surface area contributed by atoms with Crippen LogP contribution < -0.4 is 0 Å². The average Bonchev–Trinajstić information content (AvgIpc) is 3.03. The number of carbonyl (C=O) groups excluding carboxylic acids is 1. The number of allylic oxidation sites excluding steroid dienone is 1. The third kappa shape index (κ3) is 2.78. The first-order valence-electron chi connectivity index (χ1n) is 9.72. The van der Waals surface area contributed by atoms with Gasteiger partial charge < -0.3 is 4.74 Å². The van der Waals surface area contributed by atoms with Crippen LogP contribution in [0.25, 0.3) is 10.9 Å². The van der Waals surface area contributed by atoms with Gasteiger partial charge in [-0.3, -0.25) is 4.79 Å². The van der Waals surface area contributed by atoms with Crippen molar-refractivity contribution in [2.45, 2.75) is 43.3 Å². The maximum atomic E-state index is 13.7. The predicted molar refractivity (Wildman–Crippen MR) is 115 cm³/mol. The molecule has 1 aliphatic carbocycles. The van der Waals surface area contributed by atoms with Crippen LogP contribution in [0, 0.1) is 6.92 Å². The van der Waals surface area contributed by atoms with Crippen molar-refractivity contribution in [1.82, 2.24) is 3.97 Å². The molecule has 0 unspecified atom stereocenters. The zero-order valence-corrected chi connectivity index (χ0v) is 18.1. The Bertz CT molecular complexity index is 1340. The Morgan fingerprint density at radius 3 is 2.63 bits per heavy atom. The number of carbonyl (C=O) groups is 1. The van der Waals surface area contributed by atoms with Gasteiger partial charge in [0.2, 0.25) is 0 Å². The molecule has 2 heterocycles. The van der Waals surface area contributed by atoms with E-state index in [0.29, 0.717) is 16.2 Å². The molecule has 0 radical (unpaired) electrons. The van der Waals surface area contributed by atoms with Gasteiger partial charge in [0, 0.05) is 22.7 Å². The summed E-state index contributed by atoms with van der Waals surface area (Å²) in [5, 5.41) is 1.26. The van der Waals surface area contributed by atoms with E-state index >= 15 is 0 Å². The number of aromatic nitrogens is 1. The Morgan fingerprint density at radius 1 is 1.17 bits per heavy atom. The molecule has 5 rings (SSSR count). The van der Waals surface area contributed by atoms with Crippen LogP contribution in [0.5, 0.6) is 0 Å². The number of fused-ring (bicyclic) bond motifs is 5. The zero-order valence-electron chi connectivity index (χ0n) is 16.6. The molecule has 2 atom stereocenters. The minimum atomic E-state index is -3.87. The van der Waals surface area contributed by atoms with E-state index in [1.165, 1.54) is 3.97 Å². The summed E-state index contributed by atoms with van der Waals surface area (Å²) in [4.78, 5) is 12.4. The molecule has 0 saturated carbocycles. The third-order valence-corrected chi connectivity index (χ3v) is 8.15. The summed E-state index contributed by atoms with van der Waals surface area (Å²) in [6, 6.07) is 12.0. The van der Waals surface area contributed by atoms with Crippen molar-refractivity contribution < 1.29 is 17.9 Å². The van der Waals surface area contributed by atoms with Gasteiger partial charge in [0.1, 0.15) is 0 Å². The molecular formula is C23H20ClNO4S. The number of nitrogens with zero attached hydrogens (tertiary/aromatic N) is 1. The number of hydrogen-bond donors (Lipinski definition) is 0. The number of halogens is 1. The van der Waals surface area contributed by atoms with Crippen LogP contribution in [0.15, 0.2) is 59.5 Å². The van der Waals surface area contributed by atoms with Crippen LogP contribution in [0.4, 0.5) is 0 Å². The number of rotatable bonds is 2. The summed E-state index contributed by atoms with van der Waals surface area (Å²) < 4.78 is 34.8. The lowest BCUT2D eigenvalue weighted by Crippen LogP contribution is -2.42. The molecule has 0 bridgehead atoms. The monoisotopic (exact) mass is 441 g/mol. The summed E-state index contributed by atoms with van der Waals surface area (Å²) in [7, 11) is -3.87. The van der Waals surface area contributed by atoms with E-state index in [2.05, 4.69) is 0 Å². The first kappa shape index (κ1) is 19.5. The molecule has 1 aromatic heterocycles. The topological polar surface area (TPSA) is 65.4 Å². The lowest BCUT2D eigenvalue weighted by atomic mass is 9.74. The Balaban J connectivity index is 1.83.